The Bertz CT molecular complexity index is 817. The van der Waals surface area contributed by atoms with Crippen molar-refractivity contribution in [2.24, 2.45) is 0 Å². The average Bonchev–Trinajstić information content (AvgIpc) is 2.63. The third-order valence-electron chi connectivity index (χ3n) is 3.97. The van der Waals surface area contributed by atoms with E-state index in [9.17, 15) is 9.90 Å². The number of rotatable bonds is 6. The number of hydrogen-bond donors (Lipinski definition) is 2. The van der Waals surface area contributed by atoms with Gasteiger partial charge in [-0.25, -0.2) is 0 Å². The summed E-state index contributed by atoms with van der Waals surface area (Å²) in [5, 5.41) is 12.9. The van der Waals surface area contributed by atoms with E-state index < -0.39 is 6.29 Å². The number of nitrogens with one attached hydrogen (secondary N) is 1. The molecule has 3 rings (SSSR count). The van der Waals surface area contributed by atoms with Gasteiger partial charge in [0, 0.05) is 16.9 Å². The van der Waals surface area contributed by atoms with E-state index in [1.54, 1.807) is 48.7 Å². The predicted molar refractivity (Wildman–Crippen MR) is 101 cm³/mol. The Hall–Kier alpha value is -2.50. The fourth-order valence-corrected chi connectivity index (χ4v) is 2.71. The first-order chi connectivity index (χ1) is 12.6. The first kappa shape index (κ1) is 18.3. The van der Waals surface area contributed by atoms with Gasteiger partial charge in [0.2, 0.25) is 12.1 Å². The Morgan fingerprint density at radius 2 is 2.04 bits per heavy atom. The zero-order chi connectivity index (χ0) is 18.5. The molecule has 0 bridgehead atoms. The standard InChI is InChI=1S/C20H20ClNO4/c1-2-3-10-25-20-17(12-22-14-5-7-15(23)8-6-14)19(24)16-11-13(21)4-9-18(16)26-20/h4-9,11-12,20,22-23H,2-3,10H2,1H3/b17-12-. The second-order valence-corrected chi connectivity index (χ2v) is 6.37. The van der Waals surface area contributed by atoms with Crippen LogP contribution >= 0.6 is 11.6 Å². The summed E-state index contributed by atoms with van der Waals surface area (Å²) in [6, 6.07) is 11.5. The Morgan fingerprint density at radius 1 is 1.27 bits per heavy atom. The van der Waals surface area contributed by atoms with Gasteiger partial charge in [0.15, 0.2) is 0 Å². The van der Waals surface area contributed by atoms with Crippen LogP contribution in [0.5, 0.6) is 11.5 Å². The largest absolute Gasteiger partial charge is 0.508 e. The van der Waals surface area contributed by atoms with E-state index in [4.69, 9.17) is 21.1 Å². The number of unbranched alkanes of at least 4 members (excludes halogenated alkanes) is 1. The molecule has 0 spiro atoms. The molecule has 0 amide bonds. The van der Waals surface area contributed by atoms with Crippen LogP contribution in [-0.2, 0) is 4.74 Å². The van der Waals surface area contributed by atoms with Gasteiger partial charge in [0.05, 0.1) is 17.7 Å². The summed E-state index contributed by atoms with van der Waals surface area (Å²) in [4.78, 5) is 12.9. The Morgan fingerprint density at radius 3 is 2.77 bits per heavy atom. The van der Waals surface area contributed by atoms with E-state index >= 15 is 0 Å². The molecule has 6 heteroatoms. The fourth-order valence-electron chi connectivity index (χ4n) is 2.53. The van der Waals surface area contributed by atoms with E-state index in [1.807, 2.05) is 0 Å². The summed E-state index contributed by atoms with van der Waals surface area (Å²) >= 11 is 6.02. The van der Waals surface area contributed by atoms with Crippen molar-refractivity contribution in [2.75, 3.05) is 11.9 Å². The number of fused-ring (bicyclic) bond motifs is 1. The Labute approximate surface area is 157 Å². The molecule has 1 aliphatic rings. The zero-order valence-corrected chi connectivity index (χ0v) is 15.1. The van der Waals surface area contributed by atoms with Crippen LogP contribution < -0.4 is 10.1 Å². The van der Waals surface area contributed by atoms with Gasteiger partial charge in [-0.05, 0) is 48.9 Å². The molecule has 2 N–H and O–H groups in total. The van der Waals surface area contributed by atoms with Gasteiger partial charge < -0.3 is 19.9 Å². The summed E-state index contributed by atoms with van der Waals surface area (Å²) in [6.07, 6.45) is 2.65. The molecule has 2 aromatic carbocycles. The van der Waals surface area contributed by atoms with Gasteiger partial charge in [0.1, 0.15) is 11.5 Å². The number of ether oxygens (including phenoxy) is 2. The SMILES string of the molecule is CCCCOC1Oc2ccc(Cl)cc2C(=O)/C1=C/Nc1ccc(O)cc1. The maximum Gasteiger partial charge on any atom is 0.232 e. The van der Waals surface area contributed by atoms with Crippen molar-refractivity contribution in [1.82, 2.24) is 0 Å². The summed E-state index contributed by atoms with van der Waals surface area (Å²) in [5.41, 5.74) is 1.50. The topological polar surface area (TPSA) is 67.8 Å². The lowest BCUT2D eigenvalue weighted by Gasteiger charge is -2.27. The maximum atomic E-state index is 12.9. The van der Waals surface area contributed by atoms with Crippen LogP contribution in [0.1, 0.15) is 30.1 Å². The Balaban J connectivity index is 1.87. The lowest BCUT2D eigenvalue weighted by Crippen LogP contribution is -2.33. The smallest absolute Gasteiger partial charge is 0.232 e. The van der Waals surface area contributed by atoms with Crippen molar-refractivity contribution in [3.05, 3.63) is 64.8 Å². The molecular formula is C20H20ClNO4. The van der Waals surface area contributed by atoms with Gasteiger partial charge in [-0.15, -0.1) is 0 Å². The molecule has 1 aliphatic heterocycles. The first-order valence-electron chi connectivity index (χ1n) is 8.46. The number of benzene rings is 2. The molecule has 0 saturated carbocycles. The van der Waals surface area contributed by atoms with Crippen LogP contribution in [0.4, 0.5) is 5.69 Å². The number of anilines is 1. The van der Waals surface area contributed by atoms with Crippen molar-refractivity contribution in [1.29, 1.82) is 0 Å². The number of aromatic hydroxyl groups is 1. The number of Topliss-reactive ketones (excluding diaryl/α,β-unsaturated/α-hetero) is 1. The van der Waals surface area contributed by atoms with Crippen LogP contribution in [0.25, 0.3) is 0 Å². The van der Waals surface area contributed by atoms with Crippen LogP contribution in [0, 0.1) is 0 Å². The minimum atomic E-state index is -0.785. The number of carbonyl (C=O) groups is 1. The van der Waals surface area contributed by atoms with E-state index in [0.717, 1.165) is 18.5 Å². The molecular weight excluding hydrogens is 354 g/mol. The van der Waals surface area contributed by atoms with Gasteiger partial charge in [-0.3, -0.25) is 4.79 Å². The first-order valence-corrected chi connectivity index (χ1v) is 8.84. The third-order valence-corrected chi connectivity index (χ3v) is 4.20. The summed E-state index contributed by atoms with van der Waals surface area (Å²) in [7, 11) is 0. The third kappa shape index (κ3) is 4.18. The molecule has 0 fully saturated rings. The second kappa shape index (κ2) is 8.25. The minimum absolute atomic E-state index is 0.171. The number of phenolic OH excluding ortho intramolecular Hbond substituents is 1. The highest BCUT2D eigenvalue weighted by Crippen LogP contribution is 2.33. The van der Waals surface area contributed by atoms with Crippen LogP contribution in [0.15, 0.2) is 54.2 Å². The Kier molecular flexibility index (Phi) is 5.81. The quantitative estimate of drug-likeness (QED) is 0.434. The lowest BCUT2D eigenvalue weighted by molar-refractivity contribution is -0.0570. The highest BCUT2D eigenvalue weighted by molar-refractivity contribution is 6.31. The molecule has 1 unspecified atom stereocenters. The van der Waals surface area contributed by atoms with Gasteiger partial charge in [-0.2, -0.15) is 0 Å². The van der Waals surface area contributed by atoms with Crippen molar-refractivity contribution in [3.8, 4) is 11.5 Å². The number of carbonyl (C=O) groups excluding carboxylic acids is 1. The highest BCUT2D eigenvalue weighted by atomic mass is 35.5. The summed E-state index contributed by atoms with van der Waals surface area (Å²) in [5.74, 6) is 0.439. The zero-order valence-electron chi connectivity index (χ0n) is 14.4. The number of hydrogen-bond acceptors (Lipinski definition) is 5. The van der Waals surface area contributed by atoms with Crippen molar-refractivity contribution < 1.29 is 19.4 Å². The van der Waals surface area contributed by atoms with Gasteiger partial charge in [0.25, 0.3) is 0 Å². The van der Waals surface area contributed by atoms with Gasteiger partial charge in [-0.1, -0.05) is 24.9 Å². The number of ketones is 1. The monoisotopic (exact) mass is 373 g/mol. The number of phenols is 1. The molecule has 5 nitrogen and oxygen atoms in total. The predicted octanol–water partition coefficient (Wildman–Crippen LogP) is 4.76. The molecule has 0 aliphatic carbocycles. The van der Waals surface area contributed by atoms with Gasteiger partial charge >= 0.3 is 0 Å². The van der Waals surface area contributed by atoms with Crippen LogP contribution in [0.2, 0.25) is 5.02 Å². The average molecular weight is 374 g/mol. The molecule has 0 saturated heterocycles. The van der Waals surface area contributed by atoms with E-state index in [2.05, 4.69) is 12.2 Å². The molecule has 0 radical (unpaired) electrons. The maximum absolute atomic E-state index is 12.9. The minimum Gasteiger partial charge on any atom is -0.508 e. The summed E-state index contributed by atoms with van der Waals surface area (Å²) < 4.78 is 11.7. The second-order valence-electron chi connectivity index (χ2n) is 5.93. The van der Waals surface area contributed by atoms with Crippen molar-refractivity contribution in [3.63, 3.8) is 0 Å². The number of halogens is 1. The van der Waals surface area contributed by atoms with E-state index in [-0.39, 0.29) is 11.5 Å². The fraction of sp³-hybridized carbons (Fsp3) is 0.250. The molecule has 26 heavy (non-hydrogen) atoms. The molecule has 2 aromatic rings. The molecule has 136 valence electrons. The molecule has 1 heterocycles. The van der Waals surface area contributed by atoms with Crippen LogP contribution in [0.3, 0.4) is 0 Å². The molecule has 0 aromatic heterocycles. The van der Waals surface area contributed by atoms with E-state index in [0.29, 0.717) is 28.5 Å². The van der Waals surface area contributed by atoms with E-state index in [1.165, 1.54) is 0 Å². The van der Waals surface area contributed by atoms with Crippen molar-refractivity contribution >= 4 is 23.1 Å². The normalized spacial score (nSPS) is 17.7. The van der Waals surface area contributed by atoms with Crippen molar-refractivity contribution in [2.45, 2.75) is 26.1 Å². The van der Waals surface area contributed by atoms with Crippen LogP contribution in [-0.4, -0.2) is 23.8 Å². The summed E-state index contributed by atoms with van der Waals surface area (Å²) in [6.45, 7) is 2.56. The molecule has 1 atom stereocenters. The lowest BCUT2D eigenvalue weighted by atomic mass is 10.00. The highest BCUT2D eigenvalue weighted by Gasteiger charge is 2.32.